The summed E-state index contributed by atoms with van der Waals surface area (Å²) in [5.41, 5.74) is 1.52. The Morgan fingerprint density at radius 3 is 2.50 bits per heavy atom. The molecule has 0 bridgehead atoms. The van der Waals surface area contributed by atoms with Gasteiger partial charge in [-0.1, -0.05) is 12.1 Å². The fraction of sp³-hybridized carbons (Fsp3) is 0.409. The van der Waals surface area contributed by atoms with Crippen molar-refractivity contribution >= 4 is 27.5 Å². The molecule has 160 valence electrons. The van der Waals surface area contributed by atoms with Gasteiger partial charge in [0.2, 0.25) is 0 Å². The largest absolute Gasteiger partial charge is 0.416 e. The number of hydrogen-bond donors (Lipinski definition) is 1. The zero-order valence-corrected chi connectivity index (χ0v) is 17.6. The summed E-state index contributed by atoms with van der Waals surface area (Å²) in [6, 6.07) is 9.02. The van der Waals surface area contributed by atoms with E-state index in [9.17, 15) is 18.0 Å². The van der Waals surface area contributed by atoms with Crippen molar-refractivity contribution in [3.05, 3.63) is 58.1 Å². The highest BCUT2D eigenvalue weighted by atomic mass is 32.1. The number of hydrogen-bond acceptors (Lipinski definition) is 3. The molecule has 4 rings (SSSR count). The molecule has 0 atom stereocenters. The van der Waals surface area contributed by atoms with Crippen molar-refractivity contribution < 1.29 is 18.0 Å². The van der Waals surface area contributed by atoms with Gasteiger partial charge in [-0.05, 0) is 62.7 Å². The number of aryl methyl sites for hydroxylation is 1. The molecule has 0 spiro atoms. The van der Waals surface area contributed by atoms with E-state index in [2.05, 4.69) is 10.2 Å². The van der Waals surface area contributed by atoms with Gasteiger partial charge in [-0.3, -0.25) is 4.79 Å². The Hall–Kier alpha value is -2.32. The van der Waals surface area contributed by atoms with E-state index < -0.39 is 11.7 Å². The van der Waals surface area contributed by atoms with Crippen LogP contribution in [0.2, 0.25) is 0 Å². The van der Waals surface area contributed by atoms with Crippen LogP contribution in [0.3, 0.4) is 0 Å². The summed E-state index contributed by atoms with van der Waals surface area (Å²) in [5.74, 6) is -0.151. The van der Waals surface area contributed by atoms with Crippen molar-refractivity contribution in [1.29, 1.82) is 0 Å². The molecule has 0 unspecified atom stereocenters. The minimum absolute atomic E-state index is 0.151. The molecular weight excluding hydrogens is 411 g/mol. The van der Waals surface area contributed by atoms with Gasteiger partial charge in [0.25, 0.3) is 5.91 Å². The molecular formula is C22H24F3N3OS. The number of nitrogens with zero attached hydrogens (tertiary/aromatic N) is 2. The zero-order chi connectivity index (χ0) is 21.3. The number of carbonyl (C=O) groups excluding carboxylic acids is 1. The van der Waals surface area contributed by atoms with Crippen LogP contribution in [-0.2, 0) is 12.7 Å². The van der Waals surface area contributed by atoms with Gasteiger partial charge in [-0.2, -0.15) is 13.2 Å². The number of carbonyl (C=O) groups is 1. The smallest absolute Gasteiger partial charge is 0.349 e. The number of amides is 1. The van der Waals surface area contributed by atoms with E-state index in [1.54, 1.807) is 11.3 Å². The minimum Gasteiger partial charge on any atom is -0.349 e. The van der Waals surface area contributed by atoms with Crippen LogP contribution in [0.5, 0.6) is 0 Å². The first kappa shape index (κ1) is 20.9. The van der Waals surface area contributed by atoms with Gasteiger partial charge in [0.05, 0.1) is 15.8 Å². The second-order valence-corrected chi connectivity index (χ2v) is 9.01. The van der Waals surface area contributed by atoms with Gasteiger partial charge in [0.15, 0.2) is 0 Å². The molecule has 4 nitrogen and oxygen atoms in total. The van der Waals surface area contributed by atoms with Gasteiger partial charge in [-0.15, -0.1) is 11.3 Å². The third kappa shape index (κ3) is 4.54. The van der Waals surface area contributed by atoms with Gasteiger partial charge in [0.1, 0.15) is 5.69 Å². The maximum Gasteiger partial charge on any atom is 0.416 e. The molecule has 1 aliphatic rings. The predicted molar refractivity (Wildman–Crippen MR) is 113 cm³/mol. The molecule has 1 N–H and O–H groups in total. The van der Waals surface area contributed by atoms with Crippen molar-refractivity contribution in [3.8, 4) is 0 Å². The fourth-order valence-electron chi connectivity index (χ4n) is 3.93. The normalized spacial score (nSPS) is 15.2. The van der Waals surface area contributed by atoms with E-state index >= 15 is 0 Å². The first-order valence-corrected chi connectivity index (χ1v) is 10.9. The van der Waals surface area contributed by atoms with Crippen molar-refractivity contribution in [2.45, 2.75) is 32.5 Å². The molecule has 0 radical (unpaired) electrons. The maximum absolute atomic E-state index is 12.9. The number of halogens is 3. The maximum atomic E-state index is 12.9. The highest BCUT2D eigenvalue weighted by Crippen LogP contribution is 2.31. The topological polar surface area (TPSA) is 37.3 Å². The van der Waals surface area contributed by atoms with Crippen molar-refractivity contribution in [1.82, 2.24) is 14.8 Å². The average molecular weight is 436 g/mol. The number of fused-ring (bicyclic) bond motifs is 1. The Kier molecular flexibility index (Phi) is 5.88. The zero-order valence-electron chi connectivity index (χ0n) is 16.8. The SMILES string of the molecule is Cc1cc2c(cc(C(=O)NCCN3CCCC3)n2Cc2ccc(C(F)(F)F)cc2)s1. The summed E-state index contributed by atoms with van der Waals surface area (Å²) in [6.45, 7) is 5.91. The van der Waals surface area contributed by atoms with Gasteiger partial charge in [-0.25, -0.2) is 0 Å². The van der Waals surface area contributed by atoms with Crippen molar-refractivity contribution in [3.63, 3.8) is 0 Å². The first-order valence-electron chi connectivity index (χ1n) is 10.1. The number of thiophene rings is 1. The molecule has 3 aromatic rings. The number of alkyl halides is 3. The van der Waals surface area contributed by atoms with E-state index in [4.69, 9.17) is 0 Å². The lowest BCUT2D eigenvalue weighted by molar-refractivity contribution is -0.137. The summed E-state index contributed by atoms with van der Waals surface area (Å²) in [4.78, 5) is 16.3. The van der Waals surface area contributed by atoms with Crippen LogP contribution in [0.1, 0.15) is 39.3 Å². The number of aromatic nitrogens is 1. The van der Waals surface area contributed by atoms with Crippen LogP contribution in [-0.4, -0.2) is 41.6 Å². The van der Waals surface area contributed by atoms with E-state index in [1.165, 1.54) is 25.0 Å². The molecule has 1 saturated heterocycles. The molecule has 1 amide bonds. The molecule has 1 aromatic carbocycles. The summed E-state index contributed by atoms with van der Waals surface area (Å²) in [5, 5.41) is 3.00. The Labute approximate surface area is 177 Å². The number of likely N-dealkylation sites (tertiary alicyclic amines) is 1. The van der Waals surface area contributed by atoms with Gasteiger partial charge < -0.3 is 14.8 Å². The quantitative estimate of drug-likeness (QED) is 0.598. The van der Waals surface area contributed by atoms with E-state index in [0.717, 1.165) is 52.4 Å². The second-order valence-electron chi connectivity index (χ2n) is 7.72. The predicted octanol–water partition coefficient (Wildman–Crippen LogP) is 4.90. The Morgan fingerprint density at radius 1 is 1.13 bits per heavy atom. The van der Waals surface area contributed by atoms with E-state index in [-0.39, 0.29) is 5.91 Å². The van der Waals surface area contributed by atoms with Crippen LogP contribution in [0.25, 0.3) is 10.2 Å². The Morgan fingerprint density at radius 2 is 1.83 bits per heavy atom. The second kappa shape index (κ2) is 8.43. The Balaban J connectivity index is 1.54. The lowest BCUT2D eigenvalue weighted by Gasteiger charge is -2.15. The summed E-state index contributed by atoms with van der Waals surface area (Å²) in [6.07, 6.45) is -1.94. The number of benzene rings is 1. The summed E-state index contributed by atoms with van der Waals surface area (Å²) < 4.78 is 41.4. The molecule has 0 aliphatic carbocycles. The first-order chi connectivity index (χ1) is 14.3. The number of rotatable bonds is 6. The molecule has 0 saturated carbocycles. The molecule has 30 heavy (non-hydrogen) atoms. The molecule has 2 aromatic heterocycles. The third-order valence-electron chi connectivity index (χ3n) is 5.48. The van der Waals surface area contributed by atoms with Crippen molar-refractivity contribution in [2.24, 2.45) is 0 Å². The monoisotopic (exact) mass is 435 g/mol. The fourth-order valence-corrected chi connectivity index (χ4v) is 4.89. The van der Waals surface area contributed by atoms with Crippen LogP contribution >= 0.6 is 11.3 Å². The van der Waals surface area contributed by atoms with Gasteiger partial charge >= 0.3 is 6.18 Å². The third-order valence-corrected chi connectivity index (χ3v) is 6.47. The molecule has 1 fully saturated rings. The molecule has 3 heterocycles. The minimum atomic E-state index is -4.36. The summed E-state index contributed by atoms with van der Waals surface area (Å²) in [7, 11) is 0. The average Bonchev–Trinajstić information content (AvgIpc) is 3.39. The standard InChI is InChI=1S/C22H24F3N3OS/c1-15-12-18-20(30-15)13-19(21(29)26-8-11-27-9-2-3-10-27)28(18)14-16-4-6-17(7-5-16)22(23,24)25/h4-7,12-13H,2-3,8-11,14H2,1H3,(H,26,29). The lowest BCUT2D eigenvalue weighted by Crippen LogP contribution is -2.34. The van der Waals surface area contributed by atoms with Gasteiger partial charge in [0, 0.05) is 24.5 Å². The highest BCUT2D eigenvalue weighted by Gasteiger charge is 2.30. The van der Waals surface area contributed by atoms with E-state index in [0.29, 0.717) is 18.8 Å². The Bertz CT molecular complexity index is 1030. The van der Waals surface area contributed by atoms with Crippen molar-refractivity contribution in [2.75, 3.05) is 26.2 Å². The summed E-state index contributed by atoms with van der Waals surface area (Å²) >= 11 is 1.61. The molecule has 8 heteroatoms. The number of nitrogens with one attached hydrogen (secondary N) is 1. The van der Waals surface area contributed by atoms with E-state index in [1.807, 2.05) is 23.6 Å². The van der Waals surface area contributed by atoms with Crippen LogP contribution in [0.15, 0.2) is 36.4 Å². The van der Waals surface area contributed by atoms with Crippen LogP contribution in [0, 0.1) is 6.92 Å². The lowest BCUT2D eigenvalue weighted by atomic mass is 10.1. The molecule has 1 aliphatic heterocycles. The van der Waals surface area contributed by atoms with Crippen LogP contribution in [0.4, 0.5) is 13.2 Å². The van der Waals surface area contributed by atoms with Crippen LogP contribution < -0.4 is 5.32 Å². The highest BCUT2D eigenvalue weighted by molar-refractivity contribution is 7.19.